The van der Waals surface area contributed by atoms with E-state index in [1.165, 1.54) is 23.1 Å². The number of nitrogens with zero attached hydrogens (tertiary/aromatic N) is 3. The third-order valence-electron chi connectivity index (χ3n) is 3.97. The summed E-state index contributed by atoms with van der Waals surface area (Å²) in [5.41, 5.74) is 0.252. The molecule has 9 heteroatoms. The molecule has 1 fully saturated rings. The number of carbonyl (C=O) groups is 1. The van der Waals surface area contributed by atoms with Crippen molar-refractivity contribution in [1.29, 1.82) is 0 Å². The zero-order valence-corrected chi connectivity index (χ0v) is 12.5. The monoisotopic (exact) mass is 331 g/mol. The molecular formula is C15H13N3O6. The van der Waals surface area contributed by atoms with Crippen LogP contribution >= 0.6 is 0 Å². The normalized spacial score (nSPS) is 19.8. The van der Waals surface area contributed by atoms with E-state index in [9.17, 15) is 25.0 Å². The van der Waals surface area contributed by atoms with Crippen molar-refractivity contribution in [3.8, 4) is 0 Å². The number of amides is 1. The molecule has 2 aliphatic rings. The topological polar surface area (TPSA) is 116 Å². The van der Waals surface area contributed by atoms with Crippen LogP contribution in [0.15, 0.2) is 47.9 Å². The number of nitro benzene ring substituents is 1. The Hall–Kier alpha value is -3.23. The molecule has 1 heterocycles. The third-order valence-corrected chi connectivity index (χ3v) is 3.97. The largest absolute Gasteiger partial charge is 0.486 e. The summed E-state index contributed by atoms with van der Waals surface area (Å²) in [6, 6.07) is 5.69. The molecule has 1 unspecified atom stereocenters. The highest BCUT2D eigenvalue weighted by atomic mass is 16.6. The lowest BCUT2D eigenvalue weighted by Crippen LogP contribution is -2.48. The minimum absolute atomic E-state index is 0.0446. The Labute approximate surface area is 136 Å². The van der Waals surface area contributed by atoms with E-state index in [1.54, 1.807) is 18.2 Å². The standard InChI is InChI=1S/C15H13N3O6/c19-15-9-24-14-7-11(17(20)21)5-6-13(14)16(15)8-10-3-1-2-4-12(10)18(22)23/h1-5,7,13H,6,8-9H2. The van der Waals surface area contributed by atoms with Crippen molar-refractivity contribution < 1.29 is 19.4 Å². The first-order valence-corrected chi connectivity index (χ1v) is 7.18. The van der Waals surface area contributed by atoms with Crippen LogP contribution < -0.4 is 0 Å². The van der Waals surface area contributed by atoms with Gasteiger partial charge in [-0.2, -0.15) is 0 Å². The highest BCUT2D eigenvalue weighted by Crippen LogP contribution is 2.30. The lowest BCUT2D eigenvalue weighted by atomic mass is 10.0. The van der Waals surface area contributed by atoms with E-state index >= 15 is 0 Å². The van der Waals surface area contributed by atoms with Gasteiger partial charge >= 0.3 is 0 Å². The van der Waals surface area contributed by atoms with Gasteiger partial charge in [0.25, 0.3) is 17.3 Å². The molecule has 124 valence electrons. The second-order valence-corrected chi connectivity index (χ2v) is 5.38. The average Bonchev–Trinajstić information content (AvgIpc) is 2.57. The molecule has 0 aromatic heterocycles. The van der Waals surface area contributed by atoms with E-state index in [1.807, 2.05) is 0 Å². The molecule has 1 atom stereocenters. The molecule has 0 radical (unpaired) electrons. The lowest BCUT2D eigenvalue weighted by Gasteiger charge is -2.37. The minimum Gasteiger partial charge on any atom is -0.486 e. The van der Waals surface area contributed by atoms with Gasteiger partial charge in [0.15, 0.2) is 6.61 Å². The van der Waals surface area contributed by atoms with Gasteiger partial charge in [0, 0.05) is 11.6 Å². The van der Waals surface area contributed by atoms with Gasteiger partial charge in [0.05, 0.1) is 28.5 Å². The summed E-state index contributed by atoms with van der Waals surface area (Å²) in [6.07, 6.45) is 2.95. The number of carbonyl (C=O) groups excluding carboxylic acids is 1. The first-order chi connectivity index (χ1) is 11.5. The van der Waals surface area contributed by atoms with Crippen LogP contribution in [0, 0.1) is 20.2 Å². The number of para-hydroxylation sites is 1. The summed E-state index contributed by atoms with van der Waals surface area (Å²) in [5, 5.41) is 22.0. The SMILES string of the molecule is O=C1COC2=CC([N+](=O)[O-])=CCC2N1Cc1ccccc1[N+](=O)[O-]. The second-order valence-electron chi connectivity index (χ2n) is 5.38. The van der Waals surface area contributed by atoms with Crippen LogP contribution in [0.2, 0.25) is 0 Å². The Morgan fingerprint density at radius 3 is 2.67 bits per heavy atom. The maximum Gasteiger partial charge on any atom is 0.274 e. The van der Waals surface area contributed by atoms with Crippen molar-refractivity contribution in [1.82, 2.24) is 4.90 Å². The number of hydrogen-bond acceptors (Lipinski definition) is 6. The molecule has 24 heavy (non-hydrogen) atoms. The predicted octanol–water partition coefficient (Wildman–Crippen LogP) is 1.77. The highest BCUT2D eigenvalue weighted by Gasteiger charge is 2.37. The fourth-order valence-electron chi connectivity index (χ4n) is 2.80. The fraction of sp³-hybridized carbons (Fsp3) is 0.267. The molecule has 9 nitrogen and oxygen atoms in total. The highest BCUT2D eigenvalue weighted by molar-refractivity contribution is 5.79. The van der Waals surface area contributed by atoms with Crippen LogP contribution in [-0.2, 0) is 16.1 Å². The average molecular weight is 331 g/mol. The van der Waals surface area contributed by atoms with E-state index in [0.717, 1.165) is 0 Å². The van der Waals surface area contributed by atoms with Crippen molar-refractivity contribution in [2.75, 3.05) is 6.61 Å². The molecule has 1 aromatic rings. The quantitative estimate of drug-likeness (QED) is 0.613. The number of hydrogen-bond donors (Lipinski definition) is 0. The Kier molecular flexibility index (Phi) is 3.98. The molecule has 1 saturated heterocycles. The number of morpholine rings is 1. The van der Waals surface area contributed by atoms with E-state index in [-0.39, 0.29) is 36.9 Å². The number of fused-ring (bicyclic) bond motifs is 1. The van der Waals surface area contributed by atoms with Crippen LogP contribution in [0.3, 0.4) is 0 Å². The second kappa shape index (κ2) is 6.11. The fourth-order valence-corrected chi connectivity index (χ4v) is 2.80. The Bertz CT molecular complexity index is 785. The molecule has 0 bridgehead atoms. The van der Waals surface area contributed by atoms with Gasteiger partial charge in [-0.05, 0) is 12.5 Å². The number of rotatable bonds is 4. The zero-order valence-electron chi connectivity index (χ0n) is 12.5. The van der Waals surface area contributed by atoms with Crippen molar-refractivity contribution >= 4 is 11.6 Å². The van der Waals surface area contributed by atoms with E-state index in [0.29, 0.717) is 11.3 Å². The summed E-state index contributed by atoms with van der Waals surface area (Å²) >= 11 is 0. The van der Waals surface area contributed by atoms with Gasteiger partial charge in [-0.3, -0.25) is 25.0 Å². The summed E-state index contributed by atoms with van der Waals surface area (Å²) in [6.45, 7) is -0.197. The Morgan fingerprint density at radius 1 is 1.21 bits per heavy atom. The number of ether oxygens (including phenoxy) is 1. The molecule has 1 aliphatic carbocycles. The van der Waals surface area contributed by atoms with E-state index < -0.39 is 15.9 Å². The molecular weight excluding hydrogens is 318 g/mol. The van der Waals surface area contributed by atoms with Gasteiger partial charge < -0.3 is 9.64 Å². The molecule has 3 rings (SSSR count). The first-order valence-electron chi connectivity index (χ1n) is 7.18. The number of allylic oxidation sites excluding steroid dienone is 1. The maximum absolute atomic E-state index is 12.2. The van der Waals surface area contributed by atoms with Gasteiger partial charge in [0.1, 0.15) is 5.76 Å². The lowest BCUT2D eigenvalue weighted by molar-refractivity contribution is -0.419. The number of benzene rings is 1. The van der Waals surface area contributed by atoms with Crippen molar-refractivity contribution in [2.24, 2.45) is 0 Å². The minimum atomic E-state index is -0.518. The predicted molar refractivity (Wildman–Crippen MR) is 81.2 cm³/mol. The van der Waals surface area contributed by atoms with Crippen molar-refractivity contribution in [3.63, 3.8) is 0 Å². The molecule has 0 saturated carbocycles. The van der Waals surface area contributed by atoms with Crippen LogP contribution in [0.5, 0.6) is 0 Å². The summed E-state index contributed by atoms with van der Waals surface area (Å²) in [7, 11) is 0. The summed E-state index contributed by atoms with van der Waals surface area (Å²) < 4.78 is 5.31. The molecule has 1 amide bonds. The smallest absolute Gasteiger partial charge is 0.274 e. The van der Waals surface area contributed by atoms with Gasteiger partial charge in [-0.25, -0.2) is 0 Å². The van der Waals surface area contributed by atoms with E-state index in [4.69, 9.17) is 4.74 Å². The van der Waals surface area contributed by atoms with Gasteiger partial charge in [-0.15, -0.1) is 0 Å². The van der Waals surface area contributed by atoms with Gasteiger partial charge in [0.2, 0.25) is 0 Å². The molecule has 1 aliphatic heterocycles. The molecule has 0 N–H and O–H groups in total. The maximum atomic E-state index is 12.2. The van der Waals surface area contributed by atoms with Crippen LogP contribution in [0.4, 0.5) is 5.69 Å². The zero-order chi connectivity index (χ0) is 17.3. The van der Waals surface area contributed by atoms with Gasteiger partial charge in [-0.1, -0.05) is 18.2 Å². The first kappa shape index (κ1) is 15.7. The summed E-state index contributed by atoms with van der Waals surface area (Å²) in [4.78, 5) is 34.6. The van der Waals surface area contributed by atoms with Crippen LogP contribution in [0.25, 0.3) is 0 Å². The van der Waals surface area contributed by atoms with Crippen molar-refractivity contribution in [3.05, 3.63) is 73.7 Å². The van der Waals surface area contributed by atoms with Crippen molar-refractivity contribution in [2.45, 2.75) is 19.0 Å². The third kappa shape index (κ3) is 2.83. The van der Waals surface area contributed by atoms with E-state index in [2.05, 4.69) is 0 Å². The van der Waals surface area contributed by atoms with Crippen LogP contribution in [-0.4, -0.2) is 33.3 Å². The summed E-state index contributed by atoms with van der Waals surface area (Å²) in [5.74, 6) is 0.0237. The number of nitro groups is 2. The molecule has 0 spiro atoms. The Balaban J connectivity index is 1.89. The molecule has 1 aromatic carbocycles. The van der Waals surface area contributed by atoms with Crippen LogP contribution in [0.1, 0.15) is 12.0 Å². The Morgan fingerprint density at radius 2 is 1.96 bits per heavy atom.